The van der Waals surface area contributed by atoms with Crippen LogP contribution in [-0.4, -0.2) is 17.1 Å². The number of aromatic nitrogens is 1. The van der Waals surface area contributed by atoms with Crippen LogP contribution >= 0.6 is 11.8 Å². The number of aryl methyl sites for hydroxylation is 1. The summed E-state index contributed by atoms with van der Waals surface area (Å²) in [5.41, 5.74) is 3.13. The molecule has 0 saturated carbocycles. The summed E-state index contributed by atoms with van der Waals surface area (Å²) in [4.78, 5) is 18.2. The van der Waals surface area contributed by atoms with Gasteiger partial charge in [0, 0.05) is 21.7 Å². The molecule has 0 aliphatic carbocycles. The van der Waals surface area contributed by atoms with E-state index in [-0.39, 0.29) is 5.91 Å². The molecule has 0 aliphatic rings. The van der Waals surface area contributed by atoms with E-state index in [1.54, 1.807) is 11.8 Å². The molecule has 1 N–H and O–H groups in total. The van der Waals surface area contributed by atoms with Crippen LogP contribution in [0.4, 0.5) is 5.69 Å². The standard InChI is InChI=1S/C18H16N2OS/c1-12-10-16(15-8-3-4-9-17(15)19-12)18(21)20-13-6-5-7-14(11-13)22-2/h3-11H,1-2H3,(H,20,21). The van der Waals surface area contributed by atoms with Gasteiger partial charge >= 0.3 is 0 Å². The van der Waals surface area contributed by atoms with Crippen LogP contribution in [0, 0.1) is 6.92 Å². The predicted octanol–water partition coefficient (Wildman–Crippen LogP) is 4.52. The molecule has 3 aromatic rings. The third-order valence-electron chi connectivity index (χ3n) is 3.42. The van der Waals surface area contributed by atoms with Crippen molar-refractivity contribution in [2.45, 2.75) is 11.8 Å². The van der Waals surface area contributed by atoms with E-state index in [4.69, 9.17) is 0 Å². The summed E-state index contributed by atoms with van der Waals surface area (Å²) in [5, 5.41) is 3.84. The fourth-order valence-corrected chi connectivity index (χ4v) is 2.85. The summed E-state index contributed by atoms with van der Waals surface area (Å²) in [6.45, 7) is 1.90. The number of pyridine rings is 1. The van der Waals surface area contributed by atoms with Crippen molar-refractivity contribution in [3.05, 3.63) is 65.9 Å². The van der Waals surface area contributed by atoms with Crippen LogP contribution in [0.1, 0.15) is 16.1 Å². The zero-order valence-electron chi connectivity index (χ0n) is 12.5. The van der Waals surface area contributed by atoms with E-state index in [1.165, 1.54) is 0 Å². The molecule has 1 heterocycles. The predicted molar refractivity (Wildman–Crippen MR) is 92.7 cm³/mol. The minimum absolute atomic E-state index is 0.111. The van der Waals surface area contributed by atoms with Crippen molar-refractivity contribution in [3.63, 3.8) is 0 Å². The first-order valence-electron chi connectivity index (χ1n) is 6.99. The molecule has 110 valence electrons. The molecule has 3 nitrogen and oxygen atoms in total. The maximum Gasteiger partial charge on any atom is 0.256 e. The molecule has 22 heavy (non-hydrogen) atoms. The molecule has 0 aliphatic heterocycles. The fraction of sp³-hybridized carbons (Fsp3) is 0.111. The molecule has 0 radical (unpaired) electrons. The highest BCUT2D eigenvalue weighted by molar-refractivity contribution is 7.98. The number of fused-ring (bicyclic) bond motifs is 1. The van der Waals surface area contributed by atoms with Crippen molar-refractivity contribution in [2.75, 3.05) is 11.6 Å². The van der Waals surface area contributed by atoms with E-state index >= 15 is 0 Å². The maximum absolute atomic E-state index is 12.6. The van der Waals surface area contributed by atoms with Crippen molar-refractivity contribution in [1.82, 2.24) is 4.98 Å². The van der Waals surface area contributed by atoms with Crippen molar-refractivity contribution >= 4 is 34.3 Å². The number of hydrogen-bond acceptors (Lipinski definition) is 3. The van der Waals surface area contributed by atoms with Crippen LogP contribution in [0.25, 0.3) is 10.9 Å². The van der Waals surface area contributed by atoms with Gasteiger partial charge in [0.1, 0.15) is 0 Å². The molecule has 0 atom stereocenters. The summed E-state index contributed by atoms with van der Waals surface area (Å²) in [6, 6.07) is 17.4. The van der Waals surface area contributed by atoms with Gasteiger partial charge in [0.2, 0.25) is 0 Å². The molecule has 3 rings (SSSR count). The molecule has 2 aromatic carbocycles. The highest BCUT2D eigenvalue weighted by Gasteiger charge is 2.12. The van der Waals surface area contributed by atoms with E-state index in [1.807, 2.05) is 67.8 Å². The number of carbonyl (C=O) groups is 1. The number of thioether (sulfide) groups is 1. The Morgan fingerprint density at radius 2 is 1.91 bits per heavy atom. The third-order valence-corrected chi connectivity index (χ3v) is 4.14. The number of para-hydroxylation sites is 1. The summed E-state index contributed by atoms with van der Waals surface area (Å²) in [6.07, 6.45) is 2.01. The Morgan fingerprint density at radius 3 is 2.73 bits per heavy atom. The average molecular weight is 308 g/mol. The molecule has 0 unspecified atom stereocenters. The van der Waals surface area contributed by atoms with Gasteiger partial charge in [0.05, 0.1) is 11.1 Å². The second-order valence-electron chi connectivity index (χ2n) is 5.01. The lowest BCUT2D eigenvalue weighted by Gasteiger charge is -2.09. The quantitative estimate of drug-likeness (QED) is 0.723. The fourth-order valence-electron chi connectivity index (χ4n) is 2.39. The molecular weight excluding hydrogens is 292 g/mol. The Morgan fingerprint density at radius 1 is 1.09 bits per heavy atom. The molecule has 0 spiro atoms. The van der Waals surface area contributed by atoms with Crippen molar-refractivity contribution in [2.24, 2.45) is 0 Å². The largest absolute Gasteiger partial charge is 0.322 e. The topological polar surface area (TPSA) is 42.0 Å². The molecule has 4 heteroatoms. The van der Waals surface area contributed by atoms with Crippen LogP contribution in [0.5, 0.6) is 0 Å². The zero-order chi connectivity index (χ0) is 15.5. The maximum atomic E-state index is 12.6. The van der Waals surface area contributed by atoms with Gasteiger partial charge in [-0.25, -0.2) is 0 Å². The number of nitrogens with zero attached hydrogens (tertiary/aromatic N) is 1. The Labute approximate surface area is 133 Å². The Kier molecular flexibility index (Phi) is 4.11. The second-order valence-corrected chi connectivity index (χ2v) is 5.89. The van der Waals surface area contributed by atoms with Crippen LogP contribution in [0.15, 0.2) is 59.5 Å². The number of benzene rings is 2. The molecule has 0 bridgehead atoms. The van der Waals surface area contributed by atoms with Crippen LogP contribution in [0.3, 0.4) is 0 Å². The lowest BCUT2D eigenvalue weighted by atomic mass is 10.1. The van der Waals surface area contributed by atoms with Crippen LogP contribution < -0.4 is 5.32 Å². The van der Waals surface area contributed by atoms with Crippen molar-refractivity contribution < 1.29 is 4.79 Å². The number of nitrogens with one attached hydrogen (secondary N) is 1. The van der Waals surface area contributed by atoms with Crippen LogP contribution in [-0.2, 0) is 0 Å². The van der Waals surface area contributed by atoms with Gasteiger partial charge in [-0.15, -0.1) is 11.8 Å². The first-order chi connectivity index (χ1) is 10.7. The van der Waals surface area contributed by atoms with E-state index in [2.05, 4.69) is 10.3 Å². The van der Waals surface area contributed by atoms with Gasteiger partial charge in [-0.3, -0.25) is 9.78 Å². The minimum atomic E-state index is -0.111. The molecule has 1 amide bonds. The number of rotatable bonds is 3. The lowest BCUT2D eigenvalue weighted by Crippen LogP contribution is -2.13. The van der Waals surface area contributed by atoms with Crippen LogP contribution in [0.2, 0.25) is 0 Å². The van der Waals surface area contributed by atoms with E-state index in [9.17, 15) is 4.79 Å². The third kappa shape index (κ3) is 2.97. The monoisotopic (exact) mass is 308 g/mol. The first kappa shape index (κ1) is 14.6. The Hall–Kier alpha value is -2.33. The lowest BCUT2D eigenvalue weighted by molar-refractivity contribution is 0.102. The number of amides is 1. The smallest absolute Gasteiger partial charge is 0.256 e. The van der Waals surface area contributed by atoms with Crippen molar-refractivity contribution in [1.29, 1.82) is 0 Å². The van der Waals surface area contributed by atoms with Gasteiger partial charge in [-0.05, 0) is 43.5 Å². The normalized spacial score (nSPS) is 10.6. The SMILES string of the molecule is CSc1cccc(NC(=O)c2cc(C)nc3ccccc23)c1. The molecule has 1 aromatic heterocycles. The molecule has 0 fully saturated rings. The van der Waals surface area contributed by atoms with Gasteiger partial charge in [0.15, 0.2) is 0 Å². The highest BCUT2D eigenvalue weighted by atomic mass is 32.2. The summed E-state index contributed by atoms with van der Waals surface area (Å²) < 4.78 is 0. The van der Waals surface area contributed by atoms with Crippen molar-refractivity contribution in [3.8, 4) is 0 Å². The second kappa shape index (κ2) is 6.20. The van der Waals surface area contributed by atoms with Gasteiger partial charge < -0.3 is 5.32 Å². The molecular formula is C18H16N2OS. The van der Waals surface area contributed by atoms with E-state index in [0.717, 1.165) is 27.2 Å². The summed E-state index contributed by atoms with van der Waals surface area (Å²) in [5.74, 6) is -0.111. The minimum Gasteiger partial charge on any atom is -0.322 e. The number of anilines is 1. The Bertz CT molecular complexity index is 845. The number of hydrogen-bond donors (Lipinski definition) is 1. The molecule has 0 saturated heterocycles. The van der Waals surface area contributed by atoms with E-state index < -0.39 is 0 Å². The average Bonchev–Trinajstić information content (AvgIpc) is 2.54. The zero-order valence-corrected chi connectivity index (χ0v) is 13.3. The summed E-state index contributed by atoms with van der Waals surface area (Å²) >= 11 is 1.65. The van der Waals surface area contributed by atoms with Gasteiger partial charge in [0.25, 0.3) is 5.91 Å². The first-order valence-corrected chi connectivity index (χ1v) is 8.21. The Balaban J connectivity index is 1.98. The summed E-state index contributed by atoms with van der Waals surface area (Å²) in [7, 11) is 0. The highest BCUT2D eigenvalue weighted by Crippen LogP contribution is 2.22. The van der Waals surface area contributed by atoms with Gasteiger partial charge in [-0.1, -0.05) is 24.3 Å². The number of carbonyl (C=O) groups excluding carboxylic acids is 1. The van der Waals surface area contributed by atoms with E-state index in [0.29, 0.717) is 5.56 Å². The van der Waals surface area contributed by atoms with Gasteiger partial charge in [-0.2, -0.15) is 0 Å².